The molecule has 0 aliphatic carbocycles. The van der Waals surface area contributed by atoms with E-state index in [2.05, 4.69) is 92.7 Å². The number of anilines is 2. The van der Waals surface area contributed by atoms with Crippen molar-refractivity contribution >= 4 is 54.9 Å². The minimum Gasteiger partial charge on any atom is -0.748 e. The average Bonchev–Trinajstić information content (AvgIpc) is 3.69. The first-order valence-electron chi connectivity index (χ1n) is 19.0. The number of aryl methyl sites for hydroxylation is 6. The molecule has 0 saturated carbocycles. The van der Waals surface area contributed by atoms with Crippen LogP contribution < -0.4 is 18.9 Å². The Labute approximate surface area is 357 Å². The van der Waals surface area contributed by atoms with E-state index in [-0.39, 0.29) is 0 Å². The molecule has 2 aromatic heterocycles. The fourth-order valence-electron chi connectivity index (χ4n) is 6.05. The normalized spacial score (nSPS) is 11.6. The molecular formula is C41H52N12O6S2. The van der Waals surface area contributed by atoms with Crippen molar-refractivity contribution in [3.05, 3.63) is 132 Å². The molecule has 0 aliphatic rings. The Kier molecular flexibility index (Phi) is 17.0. The third kappa shape index (κ3) is 15.7. The first-order chi connectivity index (χ1) is 28.8. The quantitative estimate of drug-likeness (QED) is 0.0742. The van der Waals surface area contributed by atoms with E-state index < -0.39 is 31.7 Å². The Morgan fingerprint density at radius 1 is 0.590 bits per heavy atom. The standard InChI is InChI=1S/C27H38N12.2C7H8O3S/c1-20-16-22(30-32-26-36(5)18-28-38(26)7)10-12-24(20)34(3)14-9-15-35(4)25-13-11-23(17-21(25)2)31-33-27-37(6)19-29-39(27)8;2*8-11(9,10)6-7-4-2-1-3-5-7/h10-13,16-19H,9,14-15H2,1-8H3;2*1-5H,6H2,(H,8,9,10)/q+2;;/p-2. The predicted octanol–water partition coefficient (Wildman–Crippen LogP) is 5.68. The van der Waals surface area contributed by atoms with Gasteiger partial charge >= 0.3 is 11.9 Å². The molecule has 0 bridgehead atoms. The minimum absolute atomic E-state index is 0.423. The first kappa shape index (κ1) is 47.5. The minimum atomic E-state index is -4.13. The number of aromatic nitrogens is 6. The van der Waals surface area contributed by atoms with Crippen LogP contribution in [0.1, 0.15) is 28.7 Å². The highest BCUT2D eigenvalue weighted by molar-refractivity contribution is 7.85. The van der Waals surface area contributed by atoms with Gasteiger partial charge in [0.2, 0.25) is 12.7 Å². The van der Waals surface area contributed by atoms with Gasteiger partial charge < -0.3 is 18.9 Å². The number of hydrogen-bond donors (Lipinski definition) is 0. The van der Waals surface area contributed by atoms with Crippen LogP contribution in [-0.2, 0) is 59.9 Å². The third-order valence-electron chi connectivity index (χ3n) is 9.06. The molecule has 6 aromatic rings. The summed E-state index contributed by atoms with van der Waals surface area (Å²) in [4.78, 5) is 4.58. The smallest absolute Gasteiger partial charge is 0.403 e. The second-order valence-electron chi connectivity index (χ2n) is 14.2. The molecule has 2 heterocycles. The Morgan fingerprint density at radius 2 is 0.951 bits per heavy atom. The number of azo groups is 2. The molecule has 61 heavy (non-hydrogen) atoms. The maximum atomic E-state index is 10.2. The monoisotopic (exact) mass is 872 g/mol. The summed E-state index contributed by atoms with van der Waals surface area (Å²) in [5, 5.41) is 25.8. The van der Waals surface area contributed by atoms with E-state index >= 15 is 0 Å². The van der Waals surface area contributed by atoms with Crippen molar-refractivity contribution in [3.8, 4) is 0 Å². The van der Waals surface area contributed by atoms with Crippen LogP contribution in [0.15, 0.2) is 130 Å². The summed E-state index contributed by atoms with van der Waals surface area (Å²) in [6.07, 6.45) is 4.44. The van der Waals surface area contributed by atoms with Crippen LogP contribution >= 0.6 is 0 Å². The largest absolute Gasteiger partial charge is 0.748 e. The van der Waals surface area contributed by atoms with E-state index in [1.165, 1.54) is 11.4 Å². The van der Waals surface area contributed by atoms with Gasteiger partial charge in [-0.15, -0.1) is 9.36 Å². The van der Waals surface area contributed by atoms with Crippen LogP contribution in [0.2, 0.25) is 0 Å². The van der Waals surface area contributed by atoms with E-state index in [9.17, 15) is 25.9 Å². The van der Waals surface area contributed by atoms with Crippen LogP contribution in [0.25, 0.3) is 0 Å². The van der Waals surface area contributed by atoms with E-state index in [0.717, 1.165) is 42.0 Å². The van der Waals surface area contributed by atoms with Crippen molar-refractivity contribution in [1.29, 1.82) is 0 Å². The van der Waals surface area contributed by atoms with Crippen LogP contribution in [0.5, 0.6) is 0 Å². The predicted molar refractivity (Wildman–Crippen MR) is 230 cm³/mol. The molecule has 0 unspecified atom stereocenters. The molecule has 0 amide bonds. The lowest BCUT2D eigenvalue weighted by molar-refractivity contribution is -0.659. The van der Waals surface area contributed by atoms with Gasteiger partial charge in [0, 0.05) is 48.8 Å². The fourth-order valence-corrected chi connectivity index (χ4v) is 7.25. The molecule has 0 atom stereocenters. The molecule has 18 nitrogen and oxygen atoms in total. The van der Waals surface area contributed by atoms with Crippen molar-refractivity contribution in [3.63, 3.8) is 0 Å². The molecule has 324 valence electrons. The highest BCUT2D eigenvalue weighted by Gasteiger charge is 2.14. The van der Waals surface area contributed by atoms with Crippen molar-refractivity contribution in [2.24, 2.45) is 48.6 Å². The molecule has 20 heteroatoms. The maximum Gasteiger partial charge on any atom is 0.403 e. The van der Waals surface area contributed by atoms with Gasteiger partial charge in [-0.25, -0.2) is 26.0 Å². The van der Waals surface area contributed by atoms with Gasteiger partial charge in [0.25, 0.3) is 0 Å². The first-order valence-corrected chi connectivity index (χ1v) is 22.1. The van der Waals surface area contributed by atoms with Crippen molar-refractivity contribution < 1.29 is 35.1 Å². The molecule has 0 aliphatic heterocycles. The summed E-state index contributed by atoms with van der Waals surface area (Å²) in [7, 11) is 3.51. The molecule has 0 radical (unpaired) electrons. The average molecular weight is 873 g/mol. The van der Waals surface area contributed by atoms with Gasteiger partial charge in [-0.1, -0.05) is 70.9 Å². The summed E-state index contributed by atoms with van der Waals surface area (Å²) in [6.45, 7) is 6.09. The summed E-state index contributed by atoms with van der Waals surface area (Å²) in [6, 6.07) is 29.1. The molecule has 6 rings (SSSR count). The second kappa shape index (κ2) is 21.9. The summed E-state index contributed by atoms with van der Waals surface area (Å²) >= 11 is 0. The number of benzene rings is 4. The van der Waals surface area contributed by atoms with Gasteiger partial charge in [-0.05, 0) is 89.1 Å². The van der Waals surface area contributed by atoms with Crippen LogP contribution in [-0.4, -0.2) is 72.7 Å². The lowest BCUT2D eigenvalue weighted by Crippen LogP contribution is -2.26. The second-order valence-corrected chi connectivity index (χ2v) is 17.1. The van der Waals surface area contributed by atoms with E-state index in [4.69, 9.17) is 0 Å². The van der Waals surface area contributed by atoms with Gasteiger partial charge in [0.15, 0.2) is 0 Å². The van der Waals surface area contributed by atoms with Crippen molar-refractivity contribution in [2.45, 2.75) is 31.8 Å². The topological polar surface area (TPSA) is 214 Å². The number of nitrogens with zero attached hydrogens (tertiary/aromatic N) is 12. The molecule has 0 saturated heterocycles. The molecule has 0 fully saturated rings. The SMILES string of the molecule is Cc1cc(N=Nc2n(C)nc[n+]2C)ccc1N(C)CCCN(C)c1ccc(N=Nc2n(C)nc[n+]2C)cc1C.O=S(=O)([O-])Cc1ccccc1.O=S(=O)([O-])Cc1ccccc1. The lowest BCUT2D eigenvalue weighted by Gasteiger charge is -2.25. The summed E-state index contributed by atoms with van der Waals surface area (Å²) in [5.74, 6) is 0.527. The zero-order valence-electron chi connectivity index (χ0n) is 35.6. The Morgan fingerprint density at radius 3 is 1.25 bits per heavy atom. The Hall–Kier alpha value is -6.22. The van der Waals surface area contributed by atoms with Crippen LogP contribution in [0, 0.1) is 13.8 Å². The fraction of sp³-hybridized carbons (Fsp3) is 0.317. The summed E-state index contributed by atoms with van der Waals surface area (Å²) in [5.41, 5.74) is 7.40. The molecule has 0 N–H and O–H groups in total. The number of hydrogen-bond acceptors (Lipinski definition) is 14. The van der Waals surface area contributed by atoms with Gasteiger partial charge in [0.05, 0.1) is 71.3 Å². The van der Waals surface area contributed by atoms with Crippen LogP contribution in [0.3, 0.4) is 0 Å². The van der Waals surface area contributed by atoms with Crippen molar-refractivity contribution in [1.82, 2.24) is 19.6 Å². The van der Waals surface area contributed by atoms with E-state index in [1.807, 2.05) is 49.5 Å². The van der Waals surface area contributed by atoms with Gasteiger partial charge in [0.1, 0.15) is 0 Å². The Balaban J connectivity index is 0.000000301. The van der Waals surface area contributed by atoms with Gasteiger partial charge in [-0.2, -0.15) is 0 Å². The zero-order valence-corrected chi connectivity index (χ0v) is 37.2. The number of rotatable bonds is 14. The molecule has 0 spiro atoms. The highest BCUT2D eigenvalue weighted by atomic mass is 32.2. The lowest BCUT2D eigenvalue weighted by atomic mass is 10.1. The van der Waals surface area contributed by atoms with Crippen LogP contribution in [0.4, 0.5) is 34.6 Å². The maximum absolute atomic E-state index is 10.2. The summed E-state index contributed by atoms with van der Waals surface area (Å²) < 4.78 is 68.5. The zero-order chi connectivity index (χ0) is 44.7. The van der Waals surface area contributed by atoms with Crippen molar-refractivity contribution in [2.75, 3.05) is 37.0 Å². The Bertz CT molecular complexity index is 2410. The van der Waals surface area contributed by atoms with Gasteiger partial charge in [-0.3, -0.25) is 0 Å². The van der Waals surface area contributed by atoms with E-state index in [0.29, 0.717) is 23.0 Å². The molecule has 4 aromatic carbocycles. The third-order valence-corrected chi connectivity index (χ3v) is 10.4. The highest BCUT2D eigenvalue weighted by Crippen LogP contribution is 2.27. The van der Waals surface area contributed by atoms with E-state index in [1.54, 1.807) is 82.7 Å². The molecular weight excluding hydrogens is 821 g/mol.